The van der Waals surface area contributed by atoms with Crippen LogP contribution in [0.4, 0.5) is 5.69 Å². The number of hydrogen-bond donors (Lipinski definition) is 2. The highest BCUT2D eigenvalue weighted by Gasteiger charge is 2.23. The van der Waals surface area contributed by atoms with Gasteiger partial charge in [0.05, 0.1) is 18.0 Å². The first-order chi connectivity index (χ1) is 14.1. The van der Waals surface area contributed by atoms with Crippen molar-refractivity contribution >= 4 is 33.3 Å². The Bertz CT molecular complexity index is 1030. The maximum Gasteiger partial charge on any atom is 0.243 e. The third kappa shape index (κ3) is 5.98. The Hall–Kier alpha value is -3.04. The monoisotopic (exact) mass is 431 g/mol. The Morgan fingerprint density at radius 1 is 0.967 bits per heavy atom. The zero-order valence-corrected chi connectivity index (χ0v) is 18.0. The van der Waals surface area contributed by atoms with Crippen molar-refractivity contribution in [3.8, 4) is 0 Å². The fourth-order valence-corrected chi connectivity index (χ4v) is 3.84. The highest BCUT2D eigenvalue weighted by molar-refractivity contribution is 7.89. The van der Waals surface area contributed by atoms with Crippen LogP contribution in [0.1, 0.15) is 29.8 Å². The van der Waals surface area contributed by atoms with Gasteiger partial charge in [-0.15, -0.1) is 0 Å². The van der Waals surface area contributed by atoms with E-state index in [1.165, 1.54) is 38.2 Å². The Morgan fingerprint density at radius 3 is 2.20 bits per heavy atom. The zero-order valence-electron chi connectivity index (χ0n) is 17.1. The standard InChI is InChI=1S/C21H25N3O5S/c1-4-16-7-5-6-8-19(16)23-20(26)13-22-21(27)14-24(3)30(28,29)18-11-9-17(10-12-18)15(2)25/h5-12H,4,13-14H2,1-3H3,(H,22,27)(H,23,26). The van der Waals surface area contributed by atoms with Crippen molar-refractivity contribution in [3.05, 3.63) is 59.7 Å². The molecule has 0 atom stereocenters. The van der Waals surface area contributed by atoms with E-state index in [2.05, 4.69) is 10.6 Å². The number of carbonyl (C=O) groups excluding carboxylic acids is 3. The van der Waals surface area contributed by atoms with Crippen molar-refractivity contribution in [2.75, 3.05) is 25.5 Å². The maximum absolute atomic E-state index is 12.6. The Kier molecular flexibility index (Phi) is 7.85. The minimum Gasteiger partial charge on any atom is -0.346 e. The number of nitrogens with one attached hydrogen (secondary N) is 2. The van der Waals surface area contributed by atoms with Gasteiger partial charge in [0.1, 0.15) is 0 Å². The van der Waals surface area contributed by atoms with E-state index in [4.69, 9.17) is 0 Å². The van der Waals surface area contributed by atoms with Crippen LogP contribution in [-0.4, -0.2) is 50.5 Å². The number of Topliss-reactive ketones (excluding diaryl/α,β-unsaturated/α-hetero) is 1. The summed E-state index contributed by atoms with van der Waals surface area (Å²) < 4.78 is 26.0. The molecule has 8 nitrogen and oxygen atoms in total. The molecule has 0 aliphatic heterocycles. The average molecular weight is 432 g/mol. The van der Waals surface area contributed by atoms with E-state index in [-0.39, 0.29) is 17.2 Å². The molecule has 0 unspecified atom stereocenters. The third-order valence-corrected chi connectivity index (χ3v) is 6.27. The summed E-state index contributed by atoms with van der Waals surface area (Å²) in [6.07, 6.45) is 0.749. The molecule has 2 N–H and O–H groups in total. The molecule has 0 heterocycles. The van der Waals surface area contributed by atoms with Crippen LogP contribution in [0.3, 0.4) is 0 Å². The lowest BCUT2D eigenvalue weighted by atomic mass is 10.1. The minimum absolute atomic E-state index is 0.0308. The van der Waals surface area contributed by atoms with Gasteiger partial charge in [-0.05, 0) is 37.1 Å². The molecule has 0 radical (unpaired) electrons. The number of benzene rings is 2. The van der Waals surface area contributed by atoms with Gasteiger partial charge in [-0.1, -0.05) is 37.3 Å². The van der Waals surface area contributed by atoms with Crippen LogP contribution in [0.2, 0.25) is 0 Å². The summed E-state index contributed by atoms with van der Waals surface area (Å²) >= 11 is 0. The third-order valence-electron chi connectivity index (χ3n) is 4.45. The quantitative estimate of drug-likeness (QED) is 0.588. The second-order valence-corrected chi connectivity index (χ2v) is 8.72. The number of ketones is 1. The summed E-state index contributed by atoms with van der Waals surface area (Å²) in [5.74, 6) is -1.19. The van der Waals surface area contributed by atoms with Crippen molar-refractivity contribution in [1.29, 1.82) is 0 Å². The molecule has 160 valence electrons. The first kappa shape index (κ1) is 23.2. The molecule has 0 saturated heterocycles. The fraction of sp³-hybridized carbons (Fsp3) is 0.286. The number of carbonyl (C=O) groups is 3. The van der Waals surface area contributed by atoms with Gasteiger partial charge in [0.2, 0.25) is 21.8 Å². The first-order valence-electron chi connectivity index (χ1n) is 9.37. The average Bonchev–Trinajstić information content (AvgIpc) is 2.72. The molecule has 0 spiro atoms. The van der Waals surface area contributed by atoms with Gasteiger partial charge in [0, 0.05) is 18.3 Å². The predicted molar refractivity (Wildman–Crippen MR) is 114 cm³/mol. The number of aryl methyl sites for hydroxylation is 1. The number of anilines is 1. The summed E-state index contributed by atoms with van der Waals surface area (Å²) in [6.45, 7) is 2.63. The van der Waals surface area contributed by atoms with E-state index < -0.39 is 28.4 Å². The molecule has 30 heavy (non-hydrogen) atoms. The van der Waals surface area contributed by atoms with E-state index in [1.54, 1.807) is 12.1 Å². The van der Waals surface area contributed by atoms with Gasteiger partial charge < -0.3 is 10.6 Å². The Balaban J connectivity index is 1.91. The van der Waals surface area contributed by atoms with Crippen molar-refractivity contribution in [2.24, 2.45) is 0 Å². The highest BCUT2D eigenvalue weighted by Crippen LogP contribution is 2.16. The SMILES string of the molecule is CCc1ccccc1NC(=O)CNC(=O)CN(C)S(=O)(=O)c1ccc(C(C)=O)cc1. The molecule has 0 aliphatic rings. The number of likely N-dealkylation sites (N-methyl/N-ethyl adjacent to an activating group) is 1. The van der Waals surface area contributed by atoms with Crippen LogP contribution in [0.15, 0.2) is 53.4 Å². The van der Waals surface area contributed by atoms with Crippen LogP contribution in [0, 0.1) is 0 Å². The molecule has 0 bridgehead atoms. The molecule has 2 aromatic rings. The molecule has 0 aromatic heterocycles. The van der Waals surface area contributed by atoms with Crippen molar-refractivity contribution in [1.82, 2.24) is 9.62 Å². The normalized spacial score (nSPS) is 11.2. The van der Waals surface area contributed by atoms with Gasteiger partial charge in [-0.25, -0.2) is 8.42 Å². The largest absolute Gasteiger partial charge is 0.346 e. The van der Waals surface area contributed by atoms with Crippen LogP contribution < -0.4 is 10.6 Å². The number of sulfonamides is 1. The second kappa shape index (κ2) is 10.1. The zero-order chi connectivity index (χ0) is 22.3. The molecule has 9 heteroatoms. The molecule has 0 saturated carbocycles. The second-order valence-electron chi connectivity index (χ2n) is 6.68. The van der Waals surface area contributed by atoms with E-state index >= 15 is 0 Å². The van der Waals surface area contributed by atoms with Gasteiger partial charge >= 0.3 is 0 Å². The first-order valence-corrected chi connectivity index (χ1v) is 10.8. The molecule has 2 amide bonds. The smallest absolute Gasteiger partial charge is 0.243 e. The fourth-order valence-electron chi connectivity index (χ4n) is 2.71. The summed E-state index contributed by atoms with van der Waals surface area (Å²) in [7, 11) is -2.64. The van der Waals surface area contributed by atoms with Crippen LogP contribution >= 0.6 is 0 Å². The summed E-state index contributed by atoms with van der Waals surface area (Å²) in [5.41, 5.74) is 2.04. The van der Waals surface area contributed by atoms with Crippen LogP contribution in [0.25, 0.3) is 0 Å². The van der Waals surface area contributed by atoms with Gasteiger partial charge in [-0.3, -0.25) is 14.4 Å². The van der Waals surface area contributed by atoms with E-state index in [0.29, 0.717) is 11.3 Å². The lowest BCUT2D eigenvalue weighted by Gasteiger charge is -2.17. The van der Waals surface area contributed by atoms with Crippen LogP contribution in [-0.2, 0) is 26.0 Å². The molecule has 2 rings (SSSR count). The molecular formula is C21H25N3O5S. The molecule has 0 fully saturated rings. The van der Waals surface area contributed by atoms with Gasteiger partial charge in [0.25, 0.3) is 0 Å². The topological polar surface area (TPSA) is 113 Å². The number of nitrogens with zero attached hydrogens (tertiary/aromatic N) is 1. The minimum atomic E-state index is -3.91. The Labute approximate surface area is 176 Å². The maximum atomic E-state index is 12.6. The lowest BCUT2D eigenvalue weighted by Crippen LogP contribution is -2.41. The predicted octanol–water partition coefficient (Wildman–Crippen LogP) is 1.83. The summed E-state index contributed by atoms with van der Waals surface area (Å²) in [4.78, 5) is 35.5. The van der Waals surface area contributed by atoms with Crippen molar-refractivity contribution < 1.29 is 22.8 Å². The van der Waals surface area contributed by atoms with Crippen molar-refractivity contribution in [3.63, 3.8) is 0 Å². The van der Waals surface area contributed by atoms with E-state index in [9.17, 15) is 22.8 Å². The number of amides is 2. The molecule has 0 aliphatic carbocycles. The number of para-hydroxylation sites is 1. The van der Waals surface area contributed by atoms with E-state index in [1.807, 2.05) is 19.1 Å². The summed E-state index contributed by atoms with van der Waals surface area (Å²) in [6, 6.07) is 12.8. The van der Waals surface area contributed by atoms with E-state index in [0.717, 1.165) is 16.3 Å². The highest BCUT2D eigenvalue weighted by atomic mass is 32.2. The number of hydrogen-bond acceptors (Lipinski definition) is 5. The summed E-state index contributed by atoms with van der Waals surface area (Å²) in [5, 5.41) is 5.14. The van der Waals surface area contributed by atoms with Crippen LogP contribution in [0.5, 0.6) is 0 Å². The van der Waals surface area contributed by atoms with Crippen molar-refractivity contribution in [2.45, 2.75) is 25.2 Å². The number of rotatable bonds is 9. The Morgan fingerprint density at radius 2 is 1.60 bits per heavy atom. The van der Waals surface area contributed by atoms with Gasteiger partial charge in [0.15, 0.2) is 5.78 Å². The molecule has 2 aromatic carbocycles. The molecular weight excluding hydrogens is 406 g/mol. The van der Waals surface area contributed by atoms with Gasteiger partial charge in [-0.2, -0.15) is 4.31 Å². The lowest BCUT2D eigenvalue weighted by molar-refractivity contribution is -0.124.